The molecule has 0 saturated carbocycles. The number of hydrogen-bond acceptors (Lipinski definition) is 7. The van der Waals surface area contributed by atoms with Gasteiger partial charge in [0.05, 0.1) is 17.7 Å². The second-order valence-corrected chi connectivity index (χ2v) is 9.53. The third kappa shape index (κ3) is 4.01. The van der Waals surface area contributed by atoms with E-state index in [0.29, 0.717) is 29.4 Å². The number of aromatic nitrogens is 2. The van der Waals surface area contributed by atoms with Gasteiger partial charge in [0, 0.05) is 18.5 Å². The normalized spacial score (nSPS) is 14.2. The van der Waals surface area contributed by atoms with Crippen molar-refractivity contribution in [2.24, 2.45) is 0 Å². The average Bonchev–Trinajstić information content (AvgIpc) is 3.36. The summed E-state index contributed by atoms with van der Waals surface area (Å²) in [6.07, 6.45) is 1.16. The molecule has 1 aliphatic heterocycles. The Morgan fingerprint density at radius 3 is 2.57 bits per heavy atom. The number of nitrogens with one attached hydrogen (secondary N) is 1. The van der Waals surface area contributed by atoms with Gasteiger partial charge in [0.1, 0.15) is 10.8 Å². The number of ether oxygens (including phenoxy) is 1. The molecule has 1 aliphatic rings. The zero-order valence-corrected chi connectivity index (χ0v) is 18.1. The Bertz CT molecular complexity index is 1190. The van der Waals surface area contributed by atoms with Crippen molar-refractivity contribution in [3.8, 4) is 16.3 Å². The van der Waals surface area contributed by atoms with E-state index in [4.69, 9.17) is 4.74 Å². The fourth-order valence-electron chi connectivity index (χ4n) is 3.20. The van der Waals surface area contributed by atoms with Gasteiger partial charge in [-0.05, 0) is 31.5 Å². The minimum absolute atomic E-state index is 0.0186. The largest absolute Gasteiger partial charge is 0.495 e. The summed E-state index contributed by atoms with van der Waals surface area (Å²) in [5, 5.41) is 8.82. The molecule has 2 aromatic carbocycles. The summed E-state index contributed by atoms with van der Waals surface area (Å²) < 4.78 is 33.6. The quantitative estimate of drug-likeness (QED) is 0.625. The first-order valence-corrected chi connectivity index (χ1v) is 11.6. The van der Waals surface area contributed by atoms with Crippen LogP contribution in [-0.2, 0) is 14.8 Å². The summed E-state index contributed by atoms with van der Waals surface area (Å²) in [6, 6.07) is 12.2. The van der Waals surface area contributed by atoms with E-state index in [0.717, 1.165) is 28.9 Å². The van der Waals surface area contributed by atoms with Gasteiger partial charge in [-0.2, -0.15) is 0 Å². The molecular weight excluding hydrogens is 424 g/mol. The summed E-state index contributed by atoms with van der Waals surface area (Å²) in [5.74, 6) is 0.393. The maximum absolute atomic E-state index is 12.9. The van der Waals surface area contributed by atoms with E-state index in [1.165, 1.54) is 19.2 Å². The van der Waals surface area contributed by atoms with Crippen molar-refractivity contribution in [2.75, 3.05) is 23.3 Å². The van der Waals surface area contributed by atoms with E-state index >= 15 is 0 Å². The van der Waals surface area contributed by atoms with Gasteiger partial charge in [-0.3, -0.25) is 9.52 Å². The van der Waals surface area contributed by atoms with Crippen LogP contribution < -0.4 is 14.4 Å². The highest BCUT2D eigenvalue weighted by Gasteiger charge is 2.27. The van der Waals surface area contributed by atoms with Crippen molar-refractivity contribution in [1.29, 1.82) is 0 Å². The van der Waals surface area contributed by atoms with E-state index in [1.54, 1.807) is 11.0 Å². The van der Waals surface area contributed by atoms with Crippen LogP contribution in [0.4, 0.5) is 10.8 Å². The van der Waals surface area contributed by atoms with Crippen LogP contribution in [-0.4, -0.2) is 38.2 Å². The highest BCUT2D eigenvalue weighted by atomic mass is 32.2. The van der Waals surface area contributed by atoms with E-state index in [9.17, 15) is 13.2 Å². The fourth-order valence-corrected chi connectivity index (χ4v) is 5.20. The molecule has 1 aromatic heterocycles. The molecule has 0 bridgehead atoms. The number of aryl methyl sites for hydroxylation is 1. The SMILES string of the molecule is COc1ccc(S(=O)(=O)Nc2nnc(-c3ccc(C)cc3)s2)cc1N1CCCC1=O. The van der Waals surface area contributed by atoms with Crippen molar-refractivity contribution in [3.05, 3.63) is 48.0 Å². The summed E-state index contributed by atoms with van der Waals surface area (Å²) in [4.78, 5) is 13.7. The molecule has 1 saturated heterocycles. The molecule has 0 atom stereocenters. The number of sulfonamides is 1. The van der Waals surface area contributed by atoms with Crippen molar-refractivity contribution in [3.63, 3.8) is 0 Å². The number of hydrogen-bond donors (Lipinski definition) is 1. The van der Waals surface area contributed by atoms with Crippen molar-refractivity contribution in [2.45, 2.75) is 24.7 Å². The van der Waals surface area contributed by atoms with Gasteiger partial charge in [-0.15, -0.1) is 10.2 Å². The zero-order valence-electron chi connectivity index (χ0n) is 16.5. The molecule has 156 valence electrons. The third-order valence-corrected chi connectivity index (χ3v) is 7.12. The first-order chi connectivity index (χ1) is 14.4. The molecule has 10 heteroatoms. The second kappa shape index (κ2) is 8.04. The van der Waals surface area contributed by atoms with E-state index in [1.807, 2.05) is 31.2 Å². The van der Waals surface area contributed by atoms with E-state index in [2.05, 4.69) is 14.9 Å². The highest BCUT2D eigenvalue weighted by molar-refractivity contribution is 7.93. The molecule has 8 nitrogen and oxygen atoms in total. The molecule has 4 rings (SSSR count). The minimum Gasteiger partial charge on any atom is -0.495 e. The lowest BCUT2D eigenvalue weighted by atomic mass is 10.2. The Morgan fingerprint density at radius 2 is 1.90 bits per heavy atom. The lowest BCUT2D eigenvalue weighted by Crippen LogP contribution is -2.24. The van der Waals surface area contributed by atoms with Gasteiger partial charge >= 0.3 is 0 Å². The van der Waals surface area contributed by atoms with Crippen LogP contribution in [0.15, 0.2) is 47.4 Å². The van der Waals surface area contributed by atoms with Crippen molar-refractivity contribution >= 4 is 38.1 Å². The monoisotopic (exact) mass is 444 g/mol. The van der Waals surface area contributed by atoms with Gasteiger partial charge in [-0.1, -0.05) is 41.2 Å². The zero-order chi connectivity index (χ0) is 21.3. The van der Waals surface area contributed by atoms with Gasteiger partial charge in [0.2, 0.25) is 11.0 Å². The van der Waals surface area contributed by atoms with Gasteiger partial charge in [0.25, 0.3) is 10.0 Å². The van der Waals surface area contributed by atoms with Crippen LogP contribution in [0.3, 0.4) is 0 Å². The average molecular weight is 445 g/mol. The molecule has 1 amide bonds. The lowest BCUT2D eigenvalue weighted by molar-refractivity contribution is -0.117. The molecule has 2 heterocycles. The molecular formula is C20H20N4O4S2. The Morgan fingerprint density at radius 1 is 1.13 bits per heavy atom. The van der Waals surface area contributed by atoms with Crippen molar-refractivity contribution in [1.82, 2.24) is 10.2 Å². The summed E-state index contributed by atoms with van der Waals surface area (Å²) in [6.45, 7) is 2.52. The summed E-state index contributed by atoms with van der Waals surface area (Å²) in [5.41, 5.74) is 2.43. The first kappa shape index (κ1) is 20.3. The highest BCUT2D eigenvalue weighted by Crippen LogP contribution is 2.34. The van der Waals surface area contributed by atoms with E-state index < -0.39 is 10.0 Å². The molecule has 3 aromatic rings. The van der Waals surface area contributed by atoms with Crippen LogP contribution in [0.25, 0.3) is 10.6 Å². The molecule has 0 unspecified atom stereocenters. The van der Waals surface area contributed by atoms with Gasteiger partial charge < -0.3 is 9.64 Å². The summed E-state index contributed by atoms with van der Waals surface area (Å²) >= 11 is 1.15. The maximum atomic E-state index is 12.9. The number of rotatable bonds is 6. The number of carbonyl (C=O) groups excluding carboxylic acids is 1. The minimum atomic E-state index is -3.92. The molecule has 0 spiro atoms. The Hall–Kier alpha value is -2.98. The smallest absolute Gasteiger partial charge is 0.263 e. The second-order valence-electron chi connectivity index (χ2n) is 6.87. The van der Waals surface area contributed by atoms with Crippen molar-refractivity contribution < 1.29 is 17.9 Å². The topological polar surface area (TPSA) is 101 Å². The van der Waals surface area contributed by atoms with E-state index in [-0.39, 0.29) is 15.9 Å². The standard InChI is InChI=1S/C20H20N4O4S2/c1-13-5-7-14(8-6-13)19-21-22-20(29-19)23-30(26,27)15-9-10-17(28-2)16(12-15)24-11-3-4-18(24)25/h5-10,12H,3-4,11H2,1-2H3,(H,22,23). The van der Waals surface area contributed by atoms with Gasteiger partial charge in [-0.25, -0.2) is 8.42 Å². The number of carbonyl (C=O) groups is 1. The predicted molar refractivity (Wildman–Crippen MR) is 115 cm³/mol. The molecule has 1 N–H and O–H groups in total. The van der Waals surface area contributed by atoms with Crippen LogP contribution in [0.2, 0.25) is 0 Å². The number of benzene rings is 2. The fraction of sp³-hybridized carbons (Fsp3) is 0.250. The van der Waals surface area contributed by atoms with Crippen LogP contribution in [0, 0.1) is 6.92 Å². The first-order valence-electron chi connectivity index (χ1n) is 9.29. The predicted octanol–water partition coefficient (Wildman–Crippen LogP) is 3.45. The molecule has 0 aliphatic carbocycles. The molecule has 0 radical (unpaired) electrons. The third-order valence-electron chi connectivity index (χ3n) is 4.77. The Kier molecular flexibility index (Phi) is 5.44. The molecule has 30 heavy (non-hydrogen) atoms. The lowest BCUT2D eigenvalue weighted by Gasteiger charge is -2.19. The molecule has 1 fully saturated rings. The maximum Gasteiger partial charge on any atom is 0.263 e. The Balaban J connectivity index is 1.61. The van der Waals surface area contributed by atoms with Crippen LogP contribution in [0.5, 0.6) is 5.75 Å². The van der Waals surface area contributed by atoms with Crippen LogP contribution in [0.1, 0.15) is 18.4 Å². The number of nitrogens with zero attached hydrogens (tertiary/aromatic N) is 3. The van der Waals surface area contributed by atoms with Gasteiger partial charge in [0.15, 0.2) is 0 Å². The van der Waals surface area contributed by atoms with Crippen LogP contribution >= 0.6 is 11.3 Å². The number of anilines is 2. The number of methoxy groups -OCH3 is 1. The number of amides is 1. The summed E-state index contributed by atoms with van der Waals surface area (Å²) in [7, 11) is -2.43. The Labute approximate surface area is 178 Å².